The van der Waals surface area contributed by atoms with Gasteiger partial charge in [0.05, 0.1) is 10.6 Å². The van der Waals surface area contributed by atoms with Crippen LogP contribution in [-0.4, -0.2) is 44.3 Å². The quantitative estimate of drug-likeness (QED) is 0.351. The SMILES string of the molecule is CCCNC(=O)[C@@H](C)N(Cc1ccccc1Cl)C(=O)CN(c1ccc(Cl)cc1)S(=O)(=O)c1ccccc1. The van der Waals surface area contributed by atoms with Gasteiger partial charge in [0.25, 0.3) is 10.0 Å². The highest BCUT2D eigenvalue weighted by molar-refractivity contribution is 7.92. The number of anilines is 1. The van der Waals surface area contributed by atoms with Gasteiger partial charge in [-0.3, -0.25) is 13.9 Å². The fourth-order valence-corrected chi connectivity index (χ4v) is 5.40. The molecule has 1 N–H and O–H groups in total. The van der Waals surface area contributed by atoms with Crippen LogP contribution in [0.15, 0.2) is 83.8 Å². The summed E-state index contributed by atoms with van der Waals surface area (Å²) in [5.74, 6) is -0.903. The van der Waals surface area contributed by atoms with Gasteiger partial charge in [-0.15, -0.1) is 0 Å². The Hall–Kier alpha value is -3.07. The van der Waals surface area contributed by atoms with Crippen molar-refractivity contribution in [2.45, 2.75) is 37.8 Å². The average molecular weight is 563 g/mol. The Balaban J connectivity index is 2.01. The lowest BCUT2D eigenvalue weighted by Crippen LogP contribution is -2.51. The van der Waals surface area contributed by atoms with Crippen LogP contribution in [0.5, 0.6) is 0 Å². The van der Waals surface area contributed by atoms with Crippen molar-refractivity contribution in [2.24, 2.45) is 0 Å². The second-order valence-corrected chi connectivity index (χ2v) is 11.1. The first kappa shape index (κ1) is 28.5. The number of benzene rings is 3. The first-order chi connectivity index (χ1) is 17.6. The molecule has 1 atom stereocenters. The summed E-state index contributed by atoms with van der Waals surface area (Å²) >= 11 is 12.4. The van der Waals surface area contributed by atoms with E-state index in [4.69, 9.17) is 23.2 Å². The lowest BCUT2D eigenvalue weighted by Gasteiger charge is -2.32. The number of nitrogens with one attached hydrogen (secondary N) is 1. The zero-order valence-electron chi connectivity index (χ0n) is 20.6. The maximum absolute atomic E-state index is 13.8. The molecule has 0 bridgehead atoms. The summed E-state index contributed by atoms with van der Waals surface area (Å²) in [4.78, 5) is 28.0. The zero-order valence-corrected chi connectivity index (χ0v) is 22.9. The summed E-state index contributed by atoms with van der Waals surface area (Å²) in [5, 5.41) is 3.67. The number of hydrogen-bond acceptors (Lipinski definition) is 4. The van der Waals surface area contributed by atoms with E-state index >= 15 is 0 Å². The van der Waals surface area contributed by atoms with Gasteiger partial charge in [-0.2, -0.15) is 0 Å². The van der Waals surface area contributed by atoms with Crippen LogP contribution in [0.25, 0.3) is 0 Å². The van der Waals surface area contributed by atoms with Crippen LogP contribution in [0.2, 0.25) is 10.0 Å². The van der Waals surface area contributed by atoms with Gasteiger partial charge in [0.15, 0.2) is 0 Å². The van der Waals surface area contributed by atoms with E-state index in [0.717, 1.165) is 10.7 Å². The minimum atomic E-state index is -4.12. The molecule has 0 fully saturated rings. The highest BCUT2D eigenvalue weighted by Crippen LogP contribution is 2.26. The number of amides is 2. The monoisotopic (exact) mass is 561 g/mol. The van der Waals surface area contributed by atoms with Crippen molar-refractivity contribution in [3.8, 4) is 0 Å². The van der Waals surface area contributed by atoms with Crippen molar-refractivity contribution < 1.29 is 18.0 Å². The van der Waals surface area contributed by atoms with E-state index in [1.165, 1.54) is 29.2 Å². The van der Waals surface area contributed by atoms with Gasteiger partial charge in [-0.25, -0.2) is 8.42 Å². The van der Waals surface area contributed by atoms with Gasteiger partial charge < -0.3 is 10.2 Å². The minimum Gasteiger partial charge on any atom is -0.354 e. The number of hydrogen-bond donors (Lipinski definition) is 1. The largest absolute Gasteiger partial charge is 0.354 e. The summed E-state index contributed by atoms with van der Waals surface area (Å²) in [6.45, 7) is 3.48. The second kappa shape index (κ2) is 12.9. The molecule has 37 heavy (non-hydrogen) atoms. The molecule has 196 valence electrons. The molecule has 3 aromatic carbocycles. The number of carbonyl (C=O) groups is 2. The van der Waals surface area contributed by atoms with Gasteiger partial charge in [-0.05, 0) is 61.4 Å². The topological polar surface area (TPSA) is 86.8 Å². The Labute approximate surface area is 228 Å². The molecule has 2 amide bonds. The van der Waals surface area contributed by atoms with E-state index in [-0.39, 0.29) is 23.0 Å². The van der Waals surface area contributed by atoms with Crippen LogP contribution in [0, 0.1) is 0 Å². The summed E-state index contributed by atoms with van der Waals surface area (Å²) in [6, 6.07) is 20.2. The Morgan fingerprint density at radius 1 is 0.919 bits per heavy atom. The summed E-state index contributed by atoms with van der Waals surface area (Å²) in [5.41, 5.74) is 0.902. The maximum atomic E-state index is 13.8. The van der Waals surface area contributed by atoms with Gasteiger partial charge in [0, 0.05) is 23.1 Å². The molecular formula is C27H29Cl2N3O4S. The first-order valence-corrected chi connectivity index (χ1v) is 14.0. The van der Waals surface area contributed by atoms with Gasteiger partial charge in [0.1, 0.15) is 12.6 Å². The third-order valence-corrected chi connectivity index (χ3v) is 8.15. The van der Waals surface area contributed by atoms with Crippen molar-refractivity contribution >= 4 is 50.7 Å². The molecule has 0 aliphatic rings. The third kappa shape index (κ3) is 7.25. The van der Waals surface area contributed by atoms with Crippen molar-refractivity contribution in [1.82, 2.24) is 10.2 Å². The minimum absolute atomic E-state index is 0.0268. The molecule has 7 nitrogen and oxygen atoms in total. The van der Waals surface area contributed by atoms with Crippen LogP contribution < -0.4 is 9.62 Å². The van der Waals surface area contributed by atoms with Gasteiger partial charge in [-0.1, -0.05) is 66.5 Å². The molecular weight excluding hydrogens is 533 g/mol. The predicted octanol–water partition coefficient (Wildman–Crippen LogP) is 5.13. The Morgan fingerprint density at radius 2 is 1.54 bits per heavy atom. The number of rotatable bonds is 11. The summed E-state index contributed by atoms with van der Waals surface area (Å²) in [7, 11) is -4.12. The van der Waals surface area contributed by atoms with E-state index in [1.54, 1.807) is 61.5 Å². The van der Waals surface area contributed by atoms with E-state index in [0.29, 0.717) is 22.2 Å². The van der Waals surface area contributed by atoms with Crippen LogP contribution in [0.3, 0.4) is 0 Å². The zero-order chi connectivity index (χ0) is 27.0. The van der Waals surface area contributed by atoms with Crippen LogP contribution >= 0.6 is 23.2 Å². The smallest absolute Gasteiger partial charge is 0.264 e. The van der Waals surface area contributed by atoms with Crippen LogP contribution in [0.4, 0.5) is 5.69 Å². The van der Waals surface area contributed by atoms with E-state index in [2.05, 4.69) is 5.32 Å². The Bertz CT molecular complexity index is 1320. The molecule has 0 heterocycles. The number of halogens is 2. The second-order valence-electron chi connectivity index (χ2n) is 8.38. The summed E-state index contributed by atoms with van der Waals surface area (Å²) < 4.78 is 28.3. The molecule has 0 saturated heterocycles. The molecule has 0 unspecified atom stereocenters. The molecule has 3 aromatic rings. The number of sulfonamides is 1. The van der Waals surface area contributed by atoms with Crippen molar-refractivity contribution in [1.29, 1.82) is 0 Å². The number of carbonyl (C=O) groups excluding carboxylic acids is 2. The van der Waals surface area contributed by atoms with E-state index in [1.807, 2.05) is 6.92 Å². The predicted molar refractivity (Wildman–Crippen MR) is 147 cm³/mol. The molecule has 3 rings (SSSR count). The molecule has 0 spiro atoms. The van der Waals surface area contributed by atoms with Gasteiger partial charge in [0.2, 0.25) is 11.8 Å². The highest BCUT2D eigenvalue weighted by Gasteiger charge is 2.32. The maximum Gasteiger partial charge on any atom is 0.264 e. The fraction of sp³-hybridized carbons (Fsp3) is 0.259. The average Bonchev–Trinajstić information content (AvgIpc) is 2.90. The van der Waals surface area contributed by atoms with Crippen LogP contribution in [-0.2, 0) is 26.2 Å². The fourth-order valence-electron chi connectivity index (χ4n) is 3.64. The molecule has 0 saturated carbocycles. The molecule has 0 radical (unpaired) electrons. The van der Waals surface area contributed by atoms with Crippen molar-refractivity contribution in [3.63, 3.8) is 0 Å². The Morgan fingerprint density at radius 3 is 2.16 bits per heavy atom. The standard InChI is InChI=1S/C27H29Cl2N3O4S/c1-3-17-30-27(34)20(2)31(18-21-9-7-8-12-25(21)29)26(33)19-32(23-15-13-22(28)14-16-23)37(35,36)24-10-5-4-6-11-24/h4-16,20H,3,17-19H2,1-2H3,(H,30,34)/t20-/m1/s1. The molecule has 0 aromatic heterocycles. The van der Waals surface area contributed by atoms with Crippen molar-refractivity contribution in [2.75, 3.05) is 17.4 Å². The normalized spacial score (nSPS) is 12.0. The Kier molecular flexibility index (Phi) is 9.97. The van der Waals surface area contributed by atoms with Crippen LogP contribution in [0.1, 0.15) is 25.8 Å². The van der Waals surface area contributed by atoms with E-state index in [9.17, 15) is 18.0 Å². The number of nitrogens with zero attached hydrogens (tertiary/aromatic N) is 2. The van der Waals surface area contributed by atoms with Crippen molar-refractivity contribution in [3.05, 3.63) is 94.5 Å². The molecule has 10 heteroatoms. The van der Waals surface area contributed by atoms with E-state index < -0.39 is 28.5 Å². The molecule has 0 aliphatic heterocycles. The third-order valence-electron chi connectivity index (χ3n) is 5.74. The lowest BCUT2D eigenvalue weighted by atomic mass is 10.1. The first-order valence-electron chi connectivity index (χ1n) is 11.8. The molecule has 0 aliphatic carbocycles. The highest BCUT2D eigenvalue weighted by atomic mass is 35.5. The summed E-state index contributed by atoms with van der Waals surface area (Å²) in [6.07, 6.45) is 0.733. The lowest BCUT2D eigenvalue weighted by molar-refractivity contribution is -0.139. The van der Waals surface area contributed by atoms with Gasteiger partial charge >= 0.3 is 0 Å².